The van der Waals surface area contributed by atoms with Gasteiger partial charge in [0, 0.05) is 16.3 Å². The Kier molecular flexibility index (Phi) is 2.56. The lowest BCUT2D eigenvalue weighted by atomic mass is 9.93. The Labute approximate surface area is 86.9 Å². The predicted molar refractivity (Wildman–Crippen MR) is 55.7 cm³/mol. The van der Waals surface area contributed by atoms with E-state index >= 15 is 0 Å². The molecule has 0 bridgehead atoms. The quantitative estimate of drug-likeness (QED) is 0.713. The molecule has 0 aliphatic heterocycles. The van der Waals surface area contributed by atoms with Gasteiger partial charge in [0.1, 0.15) is 0 Å². The summed E-state index contributed by atoms with van der Waals surface area (Å²) in [5.41, 5.74) is 7.75. The van der Waals surface area contributed by atoms with E-state index in [1.807, 2.05) is 5.38 Å². The number of hydrogen-bond acceptors (Lipinski definition) is 4. The van der Waals surface area contributed by atoms with Gasteiger partial charge in [0.15, 0.2) is 0 Å². The number of hydrogen-bond donors (Lipinski definition) is 1. The Morgan fingerprint density at radius 1 is 1.71 bits per heavy atom. The zero-order chi connectivity index (χ0) is 10.1. The van der Waals surface area contributed by atoms with E-state index < -0.39 is 0 Å². The third-order valence-electron chi connectivity index (χ3n) is 2.60. The van der Waals surface area contributed by atoms with Crippen LogP contribution in [-0.4, -0.2) is 19.1 Å². The van der Waals surface area contributed by atoms with Crippen molar-refractivity contribution in [3.05, 3.63) is 21.4 Å². The van der Waals surface area contributed by atoms with Crippen LogP contribution in [0.2, 0.25) is 0 Å². The predicted octanol–water partition coefficient (Wildman–Crippen LogP) is 1.35. The van der Waals surface area contributed by atoms with Crippen molar-refractivity contribution in [3.8, 4) is 0 Å². The number of ether oxygens (including phenoxy) is 1. The average molecular weight is 211 g/mol. The van der Waals surface area contributed by atoms with Gasteiger partial charge in [-0.05, 0) is 24.8 Å². The van der Waals surface area contributed by atoms with E-state index in [9.17, 15) is 4.79 Å². The van der Waals surface area contributed by atoms with Crippen molar-refractivity contribution < 1.29 is 9.53 Å². The maximum absolute atomic E-state index is 11.4. The Morgan fingerprint density at radius 2 is 2.50 bits per heavy atom. The first kappa shape index (κ1) is 9.68. The van der Waals surface area contributed by atoms with Crippen LogP contribution in [0, 0.1) is 0 Å². The Hall–Kier alpha value is -0.870. The molecule has 0 fully saturated rings. The van der Waals surface area contributed by atoms with Gasteiger partial charge in [0.2, 0.25) is 0 Å². The molecule has 0 spiro atoms. The molecule has 0 amide bonds. The number of carbonyl (C=O) groups is 1. The van der Waals surface area contributed by atoms with Gasteiger partial charge in [-0.25, -0.2) is 4.79 Å². The molecule has 2 N–H and O–H groups in total. The van der Waals surface area contributed by atoms with Crippen LogP contribution >= 0.6 is 11.3 Å². The molecule has 3 nitrogen and oxygen atoms in total. The first-order chi connectivity index (χ1) is 6.72. The fraction of sp³-hybridized carbons (Fsp3) is 0.500. The number of rotatable bonds is 1. The highest BCUT2D eigenvalue weighted by Gasteiger charge is 2.23. The van der Waals surface area contributed by atoms with Crippen molar-refractivity contribution in [2.24, 2.45) is 5.73 Å². The topological polar surface area (TPSA) is 52.3 Å². The molecule has 2 rings (SSSR count). The van der Waals surface area contributed by atoms with Crippen LogP contribution in [-0.2, 0) is 17.6 Å². The SMILES string of the molecule is COC(=O)c1csc2c1CCC(N)C2. The van der Waals surface area contributed by atoms with Crippen LogP contribution < -0.4 is 5.73 Å². The fourth-order valence-corrected chi connectivity index (χ4v) is 2.98. The maximum atomic E-state index is 11.4. The van der Waals surface area contributed by atoms with Crippen LogP contribution in [0.4, 0.5) is 0 Å². The molecule has 1 atom stereocenters. The van der Waals surface area contributed by atoms with Crippen molar-refractivity contribution in [3.63, 3.8) is 0 Å². The van der Waals surface area contributed by atoms with Crippen LogP contribution in [0.5, 0.6) is 0 Å². The van der Waals surface area contributed by atoms with Crippen molar-refractivity contribution >= 4 is 17.3 Å². The van der Waals surface area contributed by atoms with Crippen molar-refractivity contribution in [2.75, 3.05) is 7.11 Å². The minimum absolute atomic E-state index is 0.224. The van der Waals surface area contributed by atoms with Crippen molar-refractivity contribution in [1.29, 1.82) is 0 Å². The molecule has 1 aliphatic carbocycles. The lowest BCUT2D eigenvalue weighted by Gasteiger charge is -2.18. The lowest BCUT2D eigenvalue weighted by molar-refractivity contribution is 0.0600. The first-order valence-corrected chi connectivity index (χ1v) is 5.53. The first-order valence-electron chi connectivity index (χ1n) is 4.65. The summed E-state index contributed by atoms with van der Waals surface area (Å²) in [5, 5.41) is 1.88. The van der Waals surface area contributed by atoms with E-state index in [2.05, 4.69) is 0 Å². The summed E-state index contributed by atoms with van der Waals surface area (Å²) in [6.07, 6.45) is 2.77. The Morgan fingerprint density at radius 3 is 3.21 bits per heavy atom. The second kappa shape index (κ2) is 3.71. The lowest BCUT2D eigenvalue weighted by Crippen LogP contribution is -2.27. The Balaban J connectivity index is 2.33. The monoisotopic (exact) mass is 211 g/mol. The van der Waals surface area contributed by atoms with Crippen LogP contribution in [0.3, 0.4) is 0 Å². The standard InChI is InChI=1S/C10H13NO2S/c1-13-10(12)8-5-14-9-4-6(11)2-3-7(8)9/h5-6H,2-4,11H2,1H3. The van der Waals surface area contributed by atoms with Gasteiger partial charge >= 0.3 is 5.97 Å². The van der Waals surface area contributed by atoms with E-state index in [-0.39, 0.29) is 12.0 Å². The second-order valence-corrected chi connectivity index (χ2v) is 4.51. The molecule has 0 saturated heterocycles. The average Bonchev–Trinajstić information content (AvgIpc) is 2.59. The highest BCUT2D eigenvalue weighted by molar-refractivity contribution is 7.10. The molecule has 1 unspecified atom stereocenters. The molecular weight excluding hydrogens is 198 g/mol. The summed E-state index contributed by atoms with van der Waals surface area (Å²) in [6, 6.07) is 0.256. The molecule has 1 aromatic heterocycles. The van der Waals surface area contributed by atoms with Gasteiger partial charge < -0.3 is 10.5 Å². The van der Waals surface area contributed by atoms with Gasteiger partial charge in [-0.15, -0.1) is 11.3 Å². The molecule has 1 aromatic rings. The molecule has 1 aliphatic rings. The number of carbonyl (C=O) groups excluding carboxylic acids is 1. The van der Waals surface area contributed by atoms with Gasteiger partial charge in [0.05, 0.1) is 12.7 Å². The van der Waals surface area contributed by atoms with Gasteiger partial charge in [-0.2, -0.15) is 0 Å². The molecular formula is C10H13NO2S. The van der Waals surface area contributed by atoms with Gasteiger partial charge in [-0.1, -0.05) is 0 Å². The summed E-state index contributed by atoms with van der Waals surface area (Å²) in [7, 11) is 1.42. The van der Waals surface area contributed by atoms with Crippen molar-refractivity contribution in [1.82, 2.24) is 0 Å². The summed E-state index contributed by atoms with van der Waals surface area (Å²) in [5.74, 6) is -0.224. The smallest absolute Gasteiger partial charge is 0.338 e. The molecule has 0 aromatic carbocycles. The summed E-state index contributed by atoms with van der Waals surface area (Å²) in [4.78, 5) is 12.6. The van der Waals surface area contributed by atoms with Gasteiger partial charge in [0.25, 0.3) is 0 Å². The summed E-state index contributed by atoms with van der Waals surface area (Å²) >= 11 is 1.62. The molecule has 4 heteroatoms. The fourth-order valence-electron chi connectivity index (χ4n) is 1.82. The van der Waals surface area contributed by atoms with Crippen LogP contribution in [0.25, 0.3) is 0 Å². The van der Waals surface area contributed by atoms with Gasteiger partial charge in [-0.3, -0.25) is 0 Å². The largest absolute Gasteiger partial charge is 0.465 e. The molecule has 14 heavy (non-hydrogen) atoms. The van der Waals surface area contributed by atoms with Crippen molar-refractivity contribution in [2.45, 2.75) is 25.3 Å². The number of methoxy groups -OCH3 is 1. The van der Waals surface area contributed by atoms with E-state index in [0.29, 0.717) is 0 Å². The minimum atomic E-state index is -0.224. The van der Waals surface area contributed by atoms with E-state index in [4.69, 9.17) is 10.5 Å². The molecule has 76 valence electrons. The number of esters is 1. The number of thiophene rings is 1. The number of fused-ring (bicyclic) bond motifs is 1. The van der Waals surface area contributed by atoms with Crippen LogP contribution in [0.1, 0.15) is 27.2 Å². The Bertz CT molecular complexity index is 359. The third-order valence-corrected chi connectivity index (χ3v) is 3.65. The summed E-state index contributed by atoms with van der Waals surface area (Å²) in [6.45, 7) is 0. The third kappa shape index (κ3) is 1.55. The highest BCUT2D eigenvalue weighted by atomic mass is 32.1. The zero-order valence-electron chi connectivity index (χ0n) is 8.08. The highest BCUT2D eigenvalue weighted by Crippen LogP contribution is 2.30. The molecule has 1 heterocycles. The second-order valence-electron chi connectivity index (χ2n) is 3.55. The molecule has 0 saturated carbocycles. The molecule has 0 radical (unpaired) electrons. The van der Waals surface area contributed by atoms with Crippen LogP contribution in [0.15, 0.2) is 5.38 Å². The minimum Gasteiger partial charge on any atom is -0.465 e. The van der Waals surface area contributed by atoms with E-state index in [1.165, 1.54) is 12.0 Å². The van der Waals surface area contributed by atoms with E-state index in [1.54, 1.807) is 11.3 Å². The summed E-state index contributed by atoms with van der Waals surface area (Å²) < 4.78 is 4.72. The zero-order valence-corrected chi connectivity index (χ0v) is 8.89. The number of nitrogens with two attached hydrogens (primary N) is 1. The maximum Gasteiger partial charge on any atom is 0.338 e. The van der Waals surface area contributed by atoms with E-state index in [0.717, 1.165) is 30.4 Å². The normalized spacial score (nSPS) is 20.3.